The number of nitrogens with zero attached hydrogens (tertiary/aromatic N) is 1. The Morgan fingerprint density at radius 3 is 2.41 bits per heavy atom. The molecular weight excluding hydrogens is 217 g/mol. The summed E-state index contributed by atoms with van der Waals surface area (Å²) < 4.78 is 12.7. The van der Waals surface area contributed by atoms with Gasteiger partial charge in [0.2, 0.25) is 0 Å². The fourth-order valence-electron chi connectivity index (χ4n) is 2.34. The maximum atomic E-state index is 12.7. The van der Waals surface area contributed by atoms with Crippen molar-refractivity contribution in [1.29, 1.82) is 0 Å². The molecule has 0 radical (unpaired) electrons. The Kier molecular flexibility index (Phi) is 4.51. The molecule has 1 aromatic carbocycles. The maximum absolute atomic E-state index is 12.7. The van der Waals surface area contributed by atoms with E-state index in [9.17, 15) is 9.50 Å². The number of hydrogen-bond acceptors (Lipinski definition) is 2. The van der Waals surface area contributed by atoms with Crippen molar-refractivity contribution in [2.45, 2.75) is 31.8 Å². The van der Waals surface area contributed by atoms with Crippen LogP contribution in [0.25, 0.3) is 0 Å². The van der Waals surface area contributed by atoms with Crippen molar-refractivity contribution in [1.82, 2.24) is 4.90 Å². The second-order valence-electron chi connectivity index (χ2n) is 4.76. The Morgan fingerprint density at radius 2 is 1.76 bits per heavy atom. The predicted molar refractivity (Wildman–Crippen MR) is 66.3 cm³/mol. The second kappa shape index (κ2) is 6.12. The van der Waals surface area contributed by atoms with Crippen LogP contribution in [0.15, 0.2) is 24.3 Å². The average molecular weight is 237 g/mol. The number of piperidine rings is 1. The van der Waals surface area contributed by atoms with Crippen LogP contribution in [-0.2, 0) is 0 Å². The molecule has 2 nitrogen and oxygen atoms in total. The Morgan fingerprint density at radius 1 is 1.12 bits per heavy atom. The summed E-state index contributed by atoms with van der Waals surface area (Å²) in [6.07, 6.45) is 4.12. The van der Waals surface area contributed by atoms with Crippen molar-refractivity contribution in [3.8, 4) is 0 Å². The molecule has 0 saturated carbocycles. The van der Waals surface area contributed by atoms with E-state index in [1.807, 2.05) is 0 Å². The average Bonchev–Trinajstić information content (AvgIpc) is 2.38. The minimum Gasteiger partial charge on any atom is -0.388 e. The van der Waals surface area contributed by atoms with Crippen LogP contribution in [-0.4, -0.2) is 29.6 Å². The molecule has 1 atom stereocenters. The molecule has 0 bridgehead atoms. The Labute approximate surface area is 102 Å². The number of benzene rings is 1. The quantitative estimate of drug-likeness (QED) is 0.870. The van der Waals surface area contributed by atoms with Gasteiger partial charge in [0, 0.05) is 6.54 Å². The van der Waals surface area contributed by atoms with Gasteiger partial charge in [-0.2, -0.15) is 0 Å². The first kappa shape index (κ1) is 12.5. The number of rotatable bonds is 4. The molecule has 1 aromatic rings. The molecule has 1 N–H and O–H groups in total. The van der Waals surface area contributed by atoms with Crippen molar-refractivity contribution < 1.29 is 9.50 Å². The third kappa shape index (κ3) is 3.79. The van der Waals surface area contributed by atoms with E-state index in [1.165, 1.54) is 31.4 Å². The normalized spacial score (nSPS) is 19.2. The van der Waals surface area contributed by atoms with Crippen LogP contribution >= 0.6 is 0 Å². The minimum atomic E-state index is -0.475. The van der Waals surface area contributed by atoms with E-state index in [0.29, 0.717) is 0 Å². The molecule has 2 rings (SSSR count). The van der Waals surface area contributed by atoms with Crippen LogP contribution in [0.5, 0.6) is 0 Å². The van der Waals surface area contributed by atoms with Gasteiger partial charge in [0.05, 0.1) is 6.10 Å². The zero-order chi connectivity index (χ0) is 12.1. The lowest BCUT2D eigenvalue weighted by atomic mass is 10.1. The van der Waals surface area contributed by atoms with Gasteiger partial charge in [-0.3, -0.25) is 0 Å². The molecule has 1 aliphatic heterocycles. The standard InChI is InChI=1S/C14H20FNO/c15-13-6-4-12(5-7-13)14(17)8-11-16-9-2-1-3-10-16/h4-7,14,17H,1-3,8-11H2/t14-/m1/s1. The molecule has 0 aliphatic carbocycles. The summed E-state index contributed by atoms with van der Waals surface area (Å²) in [5.41, 5.74) is 0.809. The first-order valence-electron chi connectivity index (χ1n) is 6.41. The summed E-state index contributed by atoms with van der Waals surface area (Å²) in [6, 6.07) is 6.13. The Bertz CT molecular complexity index is 333. The van der Waals surface area contributed by atoms with Gasteiger partial charge in [0.1, 0.15) is 5.82 Å². The molecule has 1 fully saturated rings. The van der Waals surface area contributed by atoms with Crippen molar-refractivity contribution >= 4 is 0 Å². The summed E-state index contributed by atoms with van der Waals surface area (Å²) in [4.78, 5) is 2.40. The summed E-state index contributed by atoms with van der Waals surface area (Å²) in [6.45, 7) is 3.23. The second-order valence-corrected chi connectivity index (χ2v) is 4.76. The van der Waals surface area contributed by atoms with Crippen LogP contribution in [0.2, 0.25) is 0 Å². The number of hydrogen-bond donors (Lipinski definition) is 1. The van der Waals surface area contributed by atoms with E-state index < -0.39 is 6.10 Å². The molecule has 17 heavy (non-hydrogen) atoms. The first-order chi connectivity index (χ1) is 8.25. The number of aliphatic hydroxyl groups excluding tert-OH is 1. The van der Waals surface area contributed by atoms with Crippen LogP contribution in [0.4, 0.5) is 4.39 Å². The predicted octanol–water partition coefficient (Wildman–Crippen LogP) is 2.74. The lowest BCUT2D eigenvalue weighted by Crippen LogP contribution is -2.31. The zero-order valence-corrected chi connectivity index (χ0v) is 10.1. The van der Waals surface area contributed by atoms with E-state index in [-0.39, 0.29) is 5.82 Å². The fraction of sp³-hybridized carbons (Fsp3) is 0.571. The van der Waals surface area contributed by atoms with Crippen LogP contribution in [0.3, 0.4) is 0 Å². The van der Waals surface area contributed by atoms with Gasteiger partial charge in [-0.1, -0.05) is 18.6 Å². The topological polar surface area (TPSA) is 23.5 Å². The first-order valence-corrected chi connectivity index (χ1v) is 6.41. The molecular formula is C14H20FNO. The number of likely N-dealkylation sites (tertiary alicyclic amines) is 1. The van der Waals surface area contributed by atoms with Gasteiger partial charge in [-0.05, 0) is 50.0 Å². The molecule has 0 amide bonds. The van der Waals surface area contributed by atoms with Gasteiger partial charge in [0.15, 0.2) is 0 Å². The molecule has 1 heterocycles. The highest BCUT2D eigenvalue weighted by molar-refractivity contribution is 5.18. The van der Waals surface area contributed by atoms with Gasteiger partial charge in [-0.15, -0.1) is 0 Å². The van der Waals surface area contributed by atoms with Gasteiger partial charge in [0.25, 0.3) is 0 Å². The summed E-state index contributed by atoms with van der Waals surface area (Å²) >= 11 is 0. The maximum Gasteiger partial charge on any atom is 0.123 e. The smallest absolute Gasteiger partial charge is 0.123 e. The largest absolute Gasteiger partial charge is 0.388 e. The SMILES string of the molecule is O[C@H](CCN1CCCCC1)c1ccc(F)cc1. The van der Waals surface area contributed by atoms with E-state index >= 15 is 0 Å². The van der Waals surface area contributed by atoms with Gasteiger partial charge < -0.3 is 10.0 Å². The lowest BCUT2D eigenvalue weighted by Gasteiger charge is -2.27. The highest BCUT2D eigenvalue weighted by Crippen LogP contribution is 2.18. The van der Waals surface area contributed by atoms with Crippen molar-refractivity contribution in [3.63, 3.8) is 0 Å². The molecule has 0 unspecified atom stereocenters. The van der Waals surface area contributed by atoms with E-state index in [4.69, 9.17) is 0 Å². The van der Waals surface area contributed by atoms with E-state index in [2.05, 4.69) is 4.90 Å². The van der Waals surface area contributed by atoms with Gasteiger partial charge in [-0.25, -0.2) is 4.39 Å². The van der Waals surface area contributed by atoms with E-state index in [1.54, 1.807) is 12.1 Å². The van der Waals surface area contributed by atoms with Crippen LogP contribution in [0, 0.1) is 5.82 Å². The Balaban J connectivity index is 1.80. The third-order valence-electron chi connectivity index (χ3n) is 3.42. The highest BCUT2D eigenvalue weighted by atomic mass is 19.1. The van der Waals surface area contributed by atoms with Crippen molar-refractivity contribution in [2.24, 2.45) is 0 Å². The zero-order valence-electron chi connectivity index (χ0n) is 10.1. The van der Waals surface area contributed by atoms with Gasteiger partial charge >= 0.3 is 0 Å². The monoisotopic (exact) mass is 237 g/mol. The lowest BCUT2D eigenvalue weighted by molar-refractivity contribution is 0.134. The molecule has 0 aromatic heterocycles. The number of aliphatic hydroxyl groups is 1. The number of halogens is 1. The van der Waals surface area contributed by atoms with Crippen LogP contribution < -0.4 is 0 Å². The third-order valence-corrected chi connectivity index (χ3v) is 3.42. The molecule has 1 aliphatic rings. The molecule has 94 valence electrons. The summed E-state index contributed by atoms with van der Waals surface area (Å²) in [7, 11) is 0. The minimum absolute atomic E-state index is 0.253. The fourth-order valence-corrected chi connectivity index (χ4v) is 2.34. The molecule has 3 heteroatoms. The van der Waals surface area contributed by atoms with Crippen molar-refractivity contribution in [2.75, 3.05) is 19.6 Å². The van der Waals surface area contributed by atoms with E-state index in [0.717, 1.165) is 31.6 Å². The summed E-state index contributed by atoms with van der Waals surface area (Å²) in [5.74, 6) is -0.253. The molecule has 0 spiro atoms. The van der Waals surface area contributed by atoms with Crippen molar-refractivity contribution in [3.05, 3.63) is 35.6 Å². The Hall–Kier alpha value is -0.930. The highest BCUT2D eigenvalue weighted by Gasteiger charge is 2.13. The summed E-state index contributed by atoms with van der Waals surface area (Å²) in [5, 5.41) is 9.99. The van der Waals surface area contributed by atoms with Crippen LogP contribution in [0.1, 0.15) is 37.4 Å². The molecule has 1 saturated heterocycles.